The smallest absolute Gasteiger partial charge is 0.258 e. The molecule has 1 N–H and O–H groups in total. The summed E-state index contributed by atoms with van der Waals surface area (Å²) in [7, 11) is 0. The number of aromatic nitrogens is 2. The average molecular weight is 337 g/mol. The molecular formula is C19H19N3O3. The SMILES string of the molecule is Cc1cc(C(=O)NCC2COc3ccccc3C2)c2c(C)noc2n1. The van der Waals surface area contributed by atoms with Crippen molar-refractivity contribution in [3.63, 3.8) is 0 Å². The second-order valence-corrected chi connectivity index (χ2v) is 6.46. The van der Waals surface area contributed by atoms with Gasteiger partial charge in [0.15, 0.2) is 0 Å². The van der Waals surface area contributed by atoms with E-state index in [4.69, 9.17) is 9.26 Å². The topological polar surface area (TPSA) is 77.2 Å². The van der Waals surface area contributed by atoms with E-state index in [1.54, 1.807) is 6.07 Å². The van der Waals surface area contributed by atoms with E-state index in [0.29, 0.717) is 35.5 Å². The Morgan fingerprint density at radius 1 is 1.32 bits per heavy atom. The number of amides is 1. The van der Waals surface area contributed by atoms with Gasteiger partial charge in [0, 0.05) is 18.2 Å². The van der Waals surface area contributed by atoms with Crippen LogP contribution in [0.1, 0.15) is 27.3 Å². The van der Waals surface area contributed by atoms with Crippen LogP contribution in [-0.2, 0) is 6.42 Å². The summed E-state index contributed by atoms with van der Waals surface area (Å²) >= 11 is 0. The molecule has 3 aromatic rings. The average Bonchev–Trinajstić information content (AvgIpc) is 2.99. The maximum Gasteiger partial charge on any atom is 0.258 e. The molecule has 0 fully saturated rings. The van der Waals surface area contributed by atoms with Crippen molar-refractivity contribution < 1.29 is 14.1 Å². The number of nitrogens with one attached hydrogen (secondary N) is 1. The van der Waals surface area contributed by atoms with Crippen molar-refractivity contribution in [1.29, 1.82) is 0 Å². The van der Waals surface area contributed by atoms with Crippen molar-refractivity contribution in [3.05, 3.63) is 52.8 Å². The Morgan fingerprint density at radius 3 is 3.04 bits per heavy atom. The minimum Gasteiger partial charge on any atom is -0.493 e. The number of carbonyl (C=O) groups is 1. The first-order valence-corrected chi connectivity index (χ1v) is 8.34. The molecule has 0 spiro atoms. The monoisotopic (exact) mass is 337 g/mol. The van der Waals surface area contributed by atoms with Gasteiger partial charge in [0.25, 0.3) is 11.6 Å². The number of para-hydroxylation sites is 1. The lowest BCUT2D eigenvalue weighted by Crippen LogP contribution is -2.35. The molecule has 1 unspecified atom stereocenters. The molecule has 1 aromatic carbocycles. The summed E-state index contributed by atoms with van der Waals surface area (Å²) < 4.78 is 11.0. The number of pyridine rings is 1. The normalized spacial score (nSPS) is 16.3. The molecule has 0 bridgehead atoms. The summed E-state index contributed by atoms with van der Waals surface area (Å²) in [5, 5.41) is 7.61. The Kier molecular flexibility index (Phi) is 3.87. The largest absolute Gasteiger partial charge is 0.493 e. The summed E-state index contributed by atoms with van der Waals surface area (Å²) in [6.07, 6.45) is 0.896. The van der Waals surface area contributed by atoms with Crippen molar-refractivity contribution in [1.82, 2.24) is 15.5 Å². The van der Waals surface area contributed by atoms with Crippen LogP contribution < -0.4 is 10.1 Å². The number of rotatable bonds is 3. The predicted octanol–water partition coefficient (Wildman–Crippen LogP) is 2.82. The van der Waals surface area contributed by atoms with E-state index >= 15 is 0 Å². The van der Waals surface area contributed by atoms with Gasteiger partial charge in [-0.1, -0.05) is 23.4 Å². The molecule has 25 heavy (non-hydrogen) atoms. The molecule has 1 aliphatic rings. The fraction of sp³-hybridized carbons (Fsp3) is 0.316. The van der Waals surface area contributed by atoms with Crippen molar-refractivity contribution in [2.75, 3.05) is 13.2 Å². The molecular weight excluding hydrogens is 318 g/mol. The number of benzene rings is 1. The molecule has 6 nitrogen and oxygen atoms in total. The molecule has 3 heterocycles. The Balaban J connectivity index is 1.49. The van der Waals surface area contributed by atoms with Crippen LogP contribution in [0.2, 0.25) is 0 Å². The van der Waals surface area contributed by atoms with Crippen LogP contribution >= 0.6 is 0 Å². The molecule has 1 aliphatic heterocycles. The van der Waals surface area contributed by atoms with E-state index in [0.717, 1.165) is 17.9 Å². The first-order chi connectivity index (χ1) is 12.1. The molecule has 128 valence electrons. The van der Waals surface area contributed by atoms with Crippen molar-refractivity contribution in [2.45, 2.75) is 20.3 Å². The molecule has 1 amide bonds. The van der Waals surface area contributed by atoms with Crippen molar-refractivity contribution >= 4 is 17.0 Å². The van der Waals surface area contributed by atoms with Gasteiger partial charge in [-0.05, 0) is 38.0 Å². The molecule has 0 aliphatic carbocycles. The number of hydrogen-bond donors (Lipinski definition) is 1. The minimum atomic E-state index is -0.138. The Morgan fingerprint density at radius 2 is 2.16 bits per heavy atom. The van der Waals surface area contributed by atoms with E-state index in [2.05, 4.69) is 21.5 Å². The lowest BCUT2D eigenvalue weighted by atomic mass is 9.96. The zero-order valence-corrected chi connectivity index (χ0v) is 14.2. The second kappa shape index (κ2) is 6.20. The molecule has 2 aromatic heterocycles. The van der Waals surface area contributed by atoms with Crippen LogP contribution in [0.5, 0.6) is 5.75 Å². The molecule has 0 radical (unpaired) electrons. The molecule has 0 saturated heterocycles. The molecule has 4 rings (SSSR count). The zero-order chi connectivity index (χ0) is 17.4. The highest BCUT2D eigenvalue weighted by Crippen LogP contribution is 2.27. The van der Waals surface area contributed by atoms with Crippen LogP contribution in [0.15, 0.2) is 34.9 Å². The Bertz CT molecular complexity index is 948. The van der Waals surface area contributed by atoms with Crippen LogP contribution in [0.25, 0.3) is 11.1 Å². The highest BCUT2D eigenvalue weighted by atomic mass is 16.5. The van der Waals surface area contributed by atoms with E-state index in [1.165, 1.54) is 5.56 Å². The van der Waals surface area contributed by atoms with E-state index in [9.17, 15) is 4.79 Å². The van der Waals surface area contributed by atoms with Crippen molar-refractivity contribution in [2.24, 2.45) is 5.92 Å². The van der Waals surface area contributed by atoms with E-state index < -0.39 is 0 Å². The quantitative estimate of drug-likeness (QED) is 0.795. The second-order valence-electron chi connectivity index (χ2n) is 6.46. The first-order valence-electron chi connectivity index (χ1n) is 8.34. The van der Waals surface area contributed by atoms with Gasteiger partial charge < -0.3 is 14.6 Å². The fourth-order valence-corrected chi connectivity index (χ4v) is 3.25. The van der Waals surface area contributed by atoms with Gasteiger partial charge in [-0.15, -0.1) is 0 Å². The number of nitrogens with zero attached hydrogens (tertiary/aromatic N) is 2. The van der Waals surface area contributed by atoms with E-state index in [1.807, 2.05) is 32.0 Å². The third kappa shape index (κ3) is 2.95. The third-order valence-corrected chi connectivity index (χ3v) is 4.50. The minimum absolute atomic E-state index is 0.138. The first kappa shape index (κ1) is 15.6. The summed E-state index contributed by atoms with van der Waals surface area (Å²) in [6.45, 7) is 4.81. The zero-order valence-electron chi connectivity index (χ0n) is 14.2. The summed E-state index contributed by atoms with van der Waals surface area (Å²) in [6, 6.07) is 9.80. The van der Waals surface area contributed by atoms with Crippen LogP contribution in [0.3, 0.4) is 0 Å². The number of fused-ring (bicyclic) bond motifs is 2. The lowest BCUT2D eigenvalue weighted by Gasteiger charge is -2.25. The van der Waals surface area contributed by atoms with Crippen LogP contribution in [0.4, 0.5) is 0 Å². The standard InChI is InChI=1S/C19H19N3O3/c1-11-7-15(17-12(2)22-25-19(17)21-11)18(23)20-9-13-8-14-5-3-4-6-16(14)24-10-13/h3-7,13H,8-10H2,1-2H3,(H,20,23). The number of ether oxygens (including phenoxy) is 1. The Labute approximate surface area is 145 Å². The predicted molar refractivity (Wildman–Crippen MR) is 92.7 cm³/mol. The summed E-state index contributed by atoms with van der Waals surface area (Å²) in [4.78, 5) is 17.0. The van der Waals surface area contributed by atoms with E-state index in [-0.39, 0.29) is 11.8 Å². The number of carbonyl (C=O) groups excluding carboxylic acids is 1. The molecule has 0 saturated carbocycles. The maximum absolute atomic E-state index is 12.7. The van der Waals surface area contributed by atoms with Crippen molar-refractivity contribution in [3.8, 4) is 5.75 Å². The number of hydrogen-bond acceptors (Lipinski definition) is 5. The molecule has 1 atom stereocenters. The van der Waals surface area contributed by atoms with Gasteiger partial charge in [-0.3, -0.25) is 4.79 Å². The summed E-state index contributed by atoms with van der Waals surface area (Å²) in [5.74, 6) is 1.05. The van der Waals surface area contributed by atoms with Gasteiger partial charge in [0.1, 0.15) is 5.75 Å². The van der Waals surface area contributed by atoms with Gasteiger partial charge in [0.05, 0.1) is 23.3 Å². The van der Waals surface area contributed by atoms with Crippen LogP contribution in [-0.4, -0.2) is 29.2 Å². The maximum atomic E-state index is 12.7. The van der Waals surface area contributed by atoms with Gasteiger partial charge in [-0.25, -0.2) is 4.98 Å². The highest BCUT2D eigenvalue weighted by molar-refractivity contribution is 6.06. The number of aryl methyl sites for hydroxylation is 2. The van der Waals surface area contributed by atoms with Crippen LogP contribution in [0, 0.1) is 19.8 Å². The van der Waals surface area contributed by atoms with Gasteiger partial charge >= 0.3 is 0 Å². The third-order valence-electron chi connectivity index (χ3n) is 4.50. The Hall–Kier alpha value is -2.89. The fourth-order valence-electron chi connectivity index (χ4n) is 3.25. The van der Waals surface area contributed by atoms with Gasteiger partial charge in [0.2, 0.25) is 0 Å². The van der Waals surface area contributed by atoms with Gasteiger partial charge in [-0.2, -0.15) is 0 Å². The molecule has 6 heteroatoms. The summed E-state index contributed by atoms with van der Waals surface area (Å²) in [5.41, 5.74) is 3.53. The highest BCUT2D eigenvalue weighted by Gasteiger charge is 2.22. The lowest BCUT2D eigenvalue weighted by molar-refractivity contribution is 0.0940.